The molecule has 1 unspecified atom stereocenters. The van der Waals surface area contributed by atoms with Crippen molar-refractivity contribution in [3.05, 3.63) is 42.5 Å². The van der Waals surface area contributed by atoms with E-state index in [2.05, 4.69) is 67.5 Å². The summed E-state index contributed by atoms with van der Waals surface area (Å²) in [6.07, 6.45) is 9.90. The van der Waals surface area contributed by atoms with Gasteiger partial charge in [-0.2, -0.15) is 0 Å². The first-order chi connectivity index (χ1) is 8.07. The highest BCUT2D eigenvalue weighted by molar-refractivity contribution is 5.07. The fourth-order valence-corrected chi connectivity index (χ4v) is 2.08. The topological polar surface area (TPSA) is 7.12 Å². The van der Waals surface area contributed by atoms with E-state index in [-0.39, 0.29) is 0 Å². The van der Waals surface area contributed by atoms with Crippen molar-refractivity contribution in [2.45, 2.75) is 6.42 Å². The summed E-state index contributed by atoms with van der Waals surface area (Å²) >= 11 is 0. The molecule has 17 heavy (non-hydrogen) atoms. The van der Waals surface area contributed by atoms with E-state index in [1.165, 1.54) is 18.7 Å². The van der Waals surface area contributed by atoms with Gasteiger partial charge in [0.15, 0.2) is 12.4 Å². The number of pyridine rings is 1. The zero-order chi connectivity index (χ0) is 12.3. The Balaban J connectivity index is 1.93. The lowest BCUT2D eigenvalue weighted by molar-refractivity contribution is -0.861. The van der Waals surface area contributed by atoms with Crippen LogP contribution in [-0.4, -0.2) is 43.1 Å². The van der Waals surface area contributed by atoms with Crippen LogP contribution in [-0.2, 0) is 13.5 Å². The van der Waals surface area contributed by atoms with Gasteiger partial charge < -0.3 is 4.90 Å². The highest BCUT2D eigenvalue weighted by Crippen LogP contribution is 2.12. The number of likely N-dealkylation sites (N-methyl/N-ethyl adjacent to an activating group) is 2. The predicted molar refractivity (Wildman–Crippen MR) is 69.0 cm³/mol. The van der Waals surface area contributed by atoms with Gasteiger partial charge in [0.05, 0.1) is 26.3 Å². The number of quaternary nitrogens is 1. The van der Waals surface area contributed by atoms with Gasteiger partial charge in [0.1, 0.15) is 19.8 Å². The zero-order valence-electron chi connectivity index (χ0n) is 11.1. The molecule has 1 atom stereocenters. The molecule has 1 aromatic heterocycles. The maximum atomic E-state index is 2.31. The van der Waals surface area contributed by atoms with E-state index < -0.39 is 0 Å². The summed E-state index contributed by atoms with van der Waals surface area (Å²) in [7, 11) is 6.50. The van der Waals surface area contributed by atoms with Gasteiger partial charge >= 0.3 is 0 Å². The predicted octanol–water partition coefficient (Wildman–Crippen LogP) is 0.917. The molecule has 2 heterocycles. The molecule has 0 bridgehead atoms. The van der Waals surface area contributed by atoms with Crippen LogP contribution in [0, 0.1) is 0 Å². The highest BCUT2D eigenvalue weighted by atomic mass is 15.4. The highest BCUT2D eigenvalue weighted by Gasteiger charge is 2.22. The molecule has 0 spiro atoms. The molecule has 1 aliphatic rings. The summed E-state index contributed by atoms with van der Waals surface area (Å²) in [6, 6.07) is 4.43. The van der Waals surface area contributed by atoms with Crippen LogP contribution in [0.15, 0.2) is 36.9 Å². The monoisotopic (exact) mass is 233 g/mol. The average Bonchev–Trinajstić information content (AvgIpc) is 2.33. The maximum absolute atomic E-state index is 2.31. The lowest BCUT2D eigenvalue weighted by atomic mass is 10.1. The third-order valence-electron chi connectivity index (χ3n) is 3.60. The van der Waals surface area contributed by atoms with Crippen LogP contribution in [0.5, 0.6) is 0 Å². The molecule has 0 N–H and O–H groups in total. The van der Waals surface area contributed by atoms with Gasteiger partial charge in [-0.05, 0) is 5.56 Å². The minimum absolute atomic E-state index is 1.05. The first kappa shape index (κ1) is 12.1. The van der Waals surface area contributed by atoms with Crippen molar-refractivity contribution in [3.8, 4) is 0 Å². The largest absolute Gasteiger partial charge is 0.371 e. The molecule has 0 saturated carbocycles. The second kappa shape index (κ2) is 4.88. The molecule has 1 aliphatic heterocycles. The summed E-state index contributed by atoms with van der Waals surface area (Å²) in [5.74, 6) is 0. The van der Waals surface area contributed by atoms with Crippen molar-refractivity contribution in [1.29, 1.82) is 0 Å². The van der Waals surface area contributed by atoms with Crippen LogP contribution in [0.3, 0.4) is 0 Å². The van der Waals surface area contributed by atoms with Crippen molar-refractivity contribution < 1.29 is 9.05 Å². The number of hydrogen-bond donors (Lipinski definition) is 0. The third-order valence-corrected chi connectivity index (χ3v) is 3.60. The Kier molecular flexibility index (Phi) is 3.48. The minimum atomic E-state index is 1.05. The standard InChI is InChI=1S/C14H23N3/c1-15-7-4-14(5-8-15)6-11-17(3)12-9-16(2)10-13-17/h4-5,7-9,12H,6,10-11,13H2,1-3H3/q+2. The SMILES string of the molecule is CN1C=C[N+](C)(CCc2cc[n+](C)cc2)CC1. The first-order valence-electron chi connectivity index (χ1n) is 6.25. The molecule has 0 saturated heterocycles. The number of aryl methyl sites for hydroxylation is 1. The Morgan fingerprint density at radius 2 is 2.06 bits per heavy atom. The van der Waals surface area contributed by atoms with Gasteiger partial charge in [0.25, 0.3) is 0 Å². The van der Waals surface area contributed by atoms with E-state index in [1.807, 2.05) is 0 Å². The van der Waals surface area contributed by atoms with Gasteiger partial charge in [-0.25, -0.2) is 4.57 Å². The van der Waals surface area contributed by atoms with E-state index in [1.54, 1.807) is 0 Å². The molecular formula is C14H23N3+2. The van der Waals surface area contributed by atoms with E-state index in [4.69, 9.17) is 0 Å². The Morgan fingerprint density at radius 1 is 1.35 bits per heavy atom. The number of hydrogen-bond acceptors (Lipinski definition) is 1. The zero-order valence-corrected chi connectivity index (χ0v) is 11.1. The molecule has 0 fully saturated rings. The molecule has 0 amide bonds. The molecule has 0 aromatic carbocycles. The van der Waals surface area contributed by atoms with Crippen LogP contribution in [0.1, 0.15) is 5.56 Å². The van der Waals surface area contributed by atoms with Crippen LogP contribution in [0.4, 0.5) is 0 Å². The van der Waals surface area contributed by atoms with Gasteiger partial charge in [-0.15, -0.1) is 0 Å². The van der Waals surface area contributed by atoms with Gasteiger partial charge in [-0.3, -0.25) is 4.48 Å². The Hall–Kier alpha value is -1.35. The van der Waals surface area contributed by atoms with Crippen LogP contribution in [0.2, 0.25) is 0 Å². The quantitative estimate of drug-likeness (QED) is 0.556. The number of rotatable bonds is 3. The molecule has 3 heteroatoms. The molecule has 3 nitrogen and oxygen atoms in total. The van der Waals surface area contributed by atoms with E-state index in [9.17, 15) is 0 Å². The average molecular weight is 233 g/mol. The minimum Gasteiger partial charge on any atom is -0.371 e. The van der Waals surface area contributed by atoms with Crippen LogP contribution < -0.4 is 4.57 Å². The van der Waals surface area contributed by atoms with E-state index in [0.29, 0.717) is 0 Å². The summed E-state index contributed by atoms with van der Waals surface area (Å²) in [4.78, 5) is 2.25. The normalized spacial score (nSPS) is 24.1. The van der Waals surface area contributed by atoms with Crippen LogP contribution >= 0.6 is 0 Å². The van der Waals surface area contributed by atoms with Crippen molar-refractivity contribution in [3.63, 3.8) is 0 Å². The molecule has 1 aromatic rings. The summed E-state index contributed by atoms with van der Waals surface area (Å²) in [6.45, 7) is 3.53. The maximum Gasteiger partial charge on any atom is 0.168 e. The van der Waals surface area contributed by atoms with Crippen LogP contribution in [0.25, 0.3) is 0 Å². The molecule has 2 rings (SSSR count). The molecule has 92 valence electrons. The third kappa shape index (κ3) is 3.30. The van der Waals surface area contributed by atoms with Gasteiger partial charge in [0, 0.05) is 25.6 Å². The molecule has 0 aliphatic carbocycles. The fraction of sp³-hybridized carbons (Fsp3) is 0.500. The van der Waals surface area contributed by atoms with Crippen molar-refractivity contribution in [1.82, 2.24) is 4.90 Å². The number of nitrogens with zero attached hydrogens (tertiary/aromatic N) is 3. The van der Waals surface area contributed by atoms with Gasteiger partial charge in [0.2, 0.25) is 0 Å². The Bertz CT molecular complexity index is 396. The summed E-state index contributed by atoms with van der Waals surface area (Å²) in [5.41, 5.74) is 1.43. The molecular weight excluding hydrogens is 210 g/mol. The van der Waals surface area contributed by atoms with Crippen molar-refractivity contribution in [2.24, 2.45) is 7.05 Å². The smallest absolute Gasteiger partial charge is 0.168 e. The molecule has 0 radical (unpaired) electrons. The first-order valence-corrected chi connectivity index (χ1v) is 6.25. The van der Waals surface area contributed by atoms with Crippen molar-refractivity contribution in [2.75, 3.05) is 33.7 Å². The fourth-order valence-electron chi connectivity index (χ4n) is 2.08. The lowest BCUT2D eigenvalue weighted by Gasteiger charge is -2.35. The van der Waals surface area contributed by atoms with E-state index >= 15 is 0 Å². The summed E-state index contributed by atoms with van der Waals surface area (Å²) < 4.78 is 3.13. The lowest BCUT2D eigenvalue weighted by Crippen LogP contribution is -2.47. The second-order valence-corrected chi connectivity index (χ2v) is 5.33. The summed E-state index contributed by atoms with van der Waals surface area (Å²) in [5, 5.41) is 0. The second-order valence-electron chi connectivity index (χ2n) is 5.33. The number of aromatic nitrogens is 1. The van der Waals surface area contributed by atoms with Gasteiger partial charge in [-0.1, -0.05) is 0 Å². The van der Waals surface area contributed by atoms with Crippen molar-refractivity contribution >= 4 is 0 Å². The van der Waals surface area contributed by atoms with E-state index in [0.717, 1.165) is 17.4 Å². The Morgan fingerprint density at radius 3 is 2.65 bits per heavy atom. The Labute approximate surface area is 104 Å².